The van der Waals surface area contributed by atoms with Gasteiger partial charge in [0.2, 0.25) is 0 Å². The highest BCUT2D eigenvalue weighted by molar-refractivity contribution is 9.11. The molecule has 1 aromatic heterocycles. The van der Waals surface area contributed by atoms with Gasteiger partial charge in [0.15, 0.2) is 0 Å². The van der Waals surface area contributed by atoms with E-state index < -0.39 is 17.8 Å². The fourth-order valence-corrected chi connectivity index (χ4v) is 3.07. The summed E-state index contributed by atoms with van der Waals surface area (Å²) in [5, 5.41) is 9.98. The van der Waals surface area contributed by atoms with Crippen LogP contribution in [0.2, 0.25) is 0 Å². The molecule has 0 aliphatic rings. The summed E-state index contributed by atoms with van der Waals surface area (Å²) >= 11 is 4.71. The van der Waals surface area contributed by atoms with Gasteiger partial charge in [0.25, 0.3) is 0 Å². The molecule has 1 aromatic carbocycles. The van der Waals surface area contributed by atoms with Crippen LogP contribution in [0.1, 0.15) is 22.1 Å². The zero-order valence-electron chi connectivity index (χ0n) is 9.62. The quantitative estimate of drug-likeness (QED) is 0.842. The molecule has 0 aliphatic heterocycles. The number of thiophene rings is 1. The van der Waals surface area contributed by atoms with E-state index in [1.165, 1.54) is 23.5 Å². The SMILES string of the molecule is OC(Cc1ccc(C(F)(F)F)cc1)c1ccc(Br)s1. The molecule has 2 aromatic rings. The largest absolute Gasteiger partial charge is 0.416 e. The number of aliphatic hydroxyl groups excluding tert-OH is 1. The lowest BCUT2D eigenvalue weighted by Gasteiger charge is -2.10. The second-order valence-electron chi connectivity index (χ2n) is 4.06. The average molecular weight is 351 g/mol. The Kier molecular flexibility index (Phi) is 4.32. The van der Waals surface area contributed by atoms with Crippen molar-refractivity contribution in [2.24, 2.45) is 0 Å². The van der Waals surface area contributed by atoms with Gasteiger partial charge in [-0.2, -0.15) is 13.2 Å². The Morgan fingerprint density at radius 3 is 2.21 bits per heavy atom. The molecule has 2 rings (SSSR count). The topological polar surface area (TPSA) is 20.2 Å². The minimum Gasteiger partial charge on any atom is -0.387 e. The van der Waals surface area contributed by atoms with Crippen LogP contribution in [-0.2, 0) is 12.6 Å². The fraction of sp³-hybridized carbons (Fsp3) is 0.231. The third-order valence-corrected chi connectivity index (χ3v) is 4.36. The maximum Gasteiger partial charge on any atom is 0.416 e. The molecule has 0 amide bonds. The van der Waals surface area contributed by atoms with E-state index in [9.17, 15) is 18.3 Å². The van der Waals surface area contributed by atoms with Gasteiger partial charge in [-0.25, -0.2) is 0 Å². The van der Waals surface area contributed by atoms with Crippen molar-refractivity contribution >= 4 is 27.3 Å². The van der Waals surface area contributed by atoms with Crippen LogP contribution in [0.25, 0.3) is 0 Å². The number of alkyl halides is 3. The Morgan fingerprint density at radius 2 is 1.74 bits per heavy atom. The van der Waals surface area contributed by atoms with Gasteiger partial charge < -0.3 is 5.11 Å². The molecule has 1 N–H and O–H groups in total. The third kappa shape index (κ3) is 3.81. The molecule has 19 heavy (non-hydrogen) atoms. The van der Waals surface area contributed by atoms with Gasteiger partial charge >= 0.3 is 6.18 Å². The summed E-state index contributed by atoms with van der Waals surface area (Å²) in [6.45, 7) is 0. The maximum absolute atomic E-state index is 12.4. The Bertz CT molecular complexity index is 548. The lowest BCUT2D eigenvalue weighted by Crippen LogP contribution is -2.05. The smallest absolute Gasteiger partial charge is 0.387 e. The normalized spacial score (nSPS) is 13.5. The van der Waals surface area contributed by atoms with Crippen molar-refractivity contribution in [1.29, 1.82) is 0 Å². The van der Waals surface area contributed by atoms with Crippen molar-refractivity contribution in [2.45, 2.75) is 18.7 Å². The number of hydrogen-bond donors (Lipinski definition) is 1. The average Bonchev–Trinajstić information content (AvgIpc) is 2.75. The van der Waals surface area contributed by atoms with Crippen LogP contribution in [0.5, 0.6) is 0 Å². The van der Waals surface area contributed by atoms with Crippen molar-refractivity contribution < 1.29 is 18.3 Å². The van der Waals surface area contributed by atoms with Gasteiger partial charge in [-0.05, 0) is 45.8 Å². The molecule has 0 saturated heterocycles. The van der Waals surface area contributed by atoms with Crippen molar-refractivity contribution in [1.82, 2.24) is 0 Å². The number of aliphatic hydroxyl groups is 1. The van der Waals surface area contributed by atoms with E-state index in [1.807, 2.05) is 6.07 Å². The van der Waals surface area contributed by atoms with E-state index in [-0.39, 0.29) is 0 Å². The highest BCUT2D eigenvalue weighted by atomic mass is 79.9. The van der Waals surface area contributed by atoms with E-state index in [0.717, 1.165) is 20.8 Å². The van der Waals surface area contributed by atoms with Crippen molar-refractivity contribution in [3.05, 3.63) is 56.2 Å². The van der Waals surface area contributed by atoms with Crippen molar-refractivity contribution in [2.75, 3.05) is 0 Å². The first-order valence-corrected chi connectivity index (χ1v) is 7.06. The van der Waals surface area contributed by atoms with Gasteiger partial charge in [0.1, 0.15) is 0 Å². The van der Waals surface area contributed by atoms with Gasteiger partial charge in [-0.15, -0.1) is 11.3 Å². The van der Waals surface area contributed by atoms with Gasteiger partial charge in [0.05, 0.1) is 15.5 Å². The highest BCUT2D eigenvalue weighted by Gasteiger charge is 2.29. The number of rotatable bonds is 3. The van der Waals surface area contributed by atoms with Crippen molar-refractivity contribution in [3.63, 3.8) is 0 Å². The van der Waals surface area contributed by atoms with E-state index in [4.69, 9.17) is 0 Å². The van der Waals surface area contributed by atoms with Gasteiger partial charge in [-0.3, -0.25) is 0 Å². The molecule has 1 nitrogen and oxygen atoms in total. The zero-order valence-corrected chi connectivity index (χ0v) is 12.0. The lowest BCUT2D eigenvalue weighted by atomic mass is 10.0. The Hall–Kier alpha value is -0.850. The number of benzene rings is 1. The molecular weight excluding hydrogens is 341 g/mol. The summed E-state index contributed by atoms with van der Waals surface area (Å²) in [7, 11) is 0. The predicted octanol–water partition coefficient (Wildman–Crippen LogP) is 4.81. The third-order valence-electron chi connectivity index (χ3n) is 2.63. The van der Waals surface area contributed by atoms with E-state index in [0.29, 0.717) is 12.0 Å². The van der Waals surface area contributed by atoms with Crippen LogP contribution in [0.3, 0.4) is 0 Å². The molecular formula is C13H10BrF3OS. The molecule has 1 atom stereocenters. The molecule has 0 saturated carbocycles. The van der Waals surface area contributed by atoms with Crippen LogP contribution in [0, 0.1) is 0 Å². The van der Waals surface area contributed by atoms with Crippen LogP contribution in [0.15, 0.2) is 40.2 Å². The molecule has 0 spiro atoms. The standard InChI is InChI=1S/C13H10BrF3OS/c14-12-6-5-11(19-12)10(18)7-8-1-3-9(4-2-8)13(15,16)17/h1-6,10,18H,7H2. The van der Waals surface area contributed by atoms with E-state index >= 15 is 0 Å². The molecule has 0 fully saturated rings. The monoisotopic (exact) mass is 350 g/mol. The first-order valence-electron chi connectivity index (χ1n) is 5.45. The lowest BCUT2D eigenvalue weighted by molar-refractivity contribution is -0.137. The van der Waals surface area contributed by atoms with E-state index in [2.05, 4.69) is 15.9 Å². The molecule has 1 heterocycles. The molecule has 1 unspecified atom stereocenters. The van der Waals surface area contributed by atoms with Crippen LogP contribution in [-0.4, -0.2) is 5.11 Å². The van der Waals surface area contributed by atoms with Crippen LogP contribution >= 0.6 is 27.3 Å². The minimum absolute atomic E-state index is 0.297. The highest BCUT2D eigenvalue weighted by Crippen LogP contribution is 2.31. The Balaban J connectivity index is 2.07. The molecule has 0 radical (unpaired) electrons. The summed E-state index contributed by atoms with van der Waals surface area (Å²) in [6.07, 6.45) is -4.73. The second kappa shape index (κ2) is 5.64. The second-order valence-corrected chi connectivity index (χ2v) is 6.55. The molecule has 102 valence electrons. The summed E-state index contributed by atoms with van der Waals surface area (Å²) < 4.78 is 38.1. The van der Waals surface area contributed by atoms with Crippen LogP contribution in [0.4, 0.5) is 13.2 Å². The number of hydrogen-bond acceptors (Lipinski definition) is 2. The summed E-state index contributed by atoms with van der Waals surface area (Å²) in [4.78, 5) is 0.784. The number of halogens is 4. The summed E-state index contributed by atoms with van der Waals surface area (Å²) in [5.74, 6) is 0. The van der Waals surface area contributed by atoms with Gasteiger partial charge in [-0.1, -0.05) is 12.1 Å². The van der Waals surface area contributed by atoms with E-state index in [1.54, 1.807) is 6.07 Å². The summed E-state index contributed by atoms with van der Waals surface area (Å²) in [5.41, 5.74) is -0.00497. The summed E-state index contributed by atoms with van der Waals surface area (Å²) in [6, 6.07) is 8.49. The predicted molar refractivity (Wildman–Crippen MR) is 72.1 cm³/mol. The van der Waals surface area contributed by atoms with Crippen LogP contribution < -0.4 is 0 Å². The maximum atomic E-state index is 12.4. The minimum atomic E-state index is -4.32. The van der Waals surface area contributed by atoms with Gasteiger partial charge in [0, 0.05) is 11.3 Å². The zero-order chi connectivity index (χ0) is 14.0. The Morgan fingerprint density at radius 1 is 1.11 bits per heavy atom. The Labute approximate surface area is 120 Å². The first-order chi connectivity index (χ1) is 8.86. The first kappa shape index (κ1) is 14.6. The molecule has 6 heteroatoms. The molecule has 0 bridgehead atoms. The van der Waals surface area contributed by atoms with Crippen molar-refractivity contribution in [3.8, 4) is 0 Å². The molecule has 0 aliphatic carbocycles. The fourth-order valence-electron chi connectivity index (χ4n) is 1.66.